The van der Waals surface area contributed by atoms with Crippen molar-refractivity contribution in [2.75, 3.05) is 0 Å². The molecule has 0 spiro atoms. The lowest BCUT2D eigenvalue weighted by atomic mass is 9.44. The van der Waals surface area contributed by atoms with Gasteiger partial charge in [0.25, 0.3) is 0 Å². The van der Waals surface area contributed by atoms with Gasteiger partial charge in [0.15, 0.2) is 0 Å². The standard InChI is InChI=1S/C27H42O5/c1-15(25(31)32)5-8-22(29)16(2)24-23(30)14-21-19-7-6-17-13-18(28)9-11-26(17,3)20(19)10-12-27(21,24)4/h15-21,24,28H,5-14H2,1-4H3,(H,31,32)/t15-,16+,17-,18-,19+,20-,21-,24-,26-,27-/m0/s1. The average molecular weight is 447 g/mol. The van der Waals surface area contributed by atoms with Gasteiger partial charge in [0.2, 0.25) is 0 Å². The van der Waals surface area contributed by atoms with Crippen LogP contribution in [0.2, 0.25) is 0 Å². The van der Waals surface area contributed by atoms with Gasteiger partial charge in [-0.2, -0.15) is 0 Å². The molecule has 0 bridgehead atoms. The van der Waals surface area contributed by atoms with Gasteiger partial charge in [0.1, 0.15) is 11.6 Å². The third kappa shape index (κ3) is 3.76. The average Bonchev–Trinajstić information content (AvgIpc) is 3.01. The van der Waals surface area contributed by atoms with Crippen LogP contribution in [-0.2, 0) is 14.4 Å². The largest absolute Gasteiger partial charge is 0.481 e. The second kappa shape index (κ2) is 8.52. The number of rotatable bonds is 6. The zero-order chi connectivity index (χ0) is 23.4. The molecule has 2 N–H and O–H groups in total. The Balaban J connectivity index is 1.51. The molecule has 0 unspecified atom stereocenters. The molecule has 0 aromatic carbocycles. The highest BCUT2D eigenvalue weighted by atomic mass is 16.4. The lowest BCUT2D eigenvalue weighted by Gasteiger charge is -2.61. The lowest BCUT2D eigenvalue weighted by molar-refractivity contribution is -0.142. The molecule has 0 aromatic heterocycles. The van der Waals surface area contributed by atoms with Gasteiger partial charge in [-0.1, -0.05) is 27.7 Å². The first-order chi connectivity index (χ1) is 15.0. The number of hydrogen-bond donors (Lipinski definition) is 2. The Bertz CT molecular complexity index is 776. The van der Waals surface area contributed by atoms with Gasteiger partial charge >= 0.3 is 5.97 Å². The van der Waals surface area contributed by atoms with E-state index in [1.54, 1.807) is 6.92 Å². The van der Waals surface area contributed by atoms with Crippen molar-refractivity contribution in [3.8, 4) is 0 Å². The molecule has 0 saturated heterocycles. The quantitative estimate of drug-likeness (QED) is 0.606. The van der Waals surface area contributed by atoms with Crippen molar-refractivity contribution < 1.29 is 24.6 Å². The maximum atomic E-state index is 13.3. The van der Waals surface area contributed by atoms with Crippen molar-refractivity contribution in [1.29, 1.82) is 0 Å². The van der Waals surface area contributed by atoms with Crippen LogP contribution in [0.4, 0.5) is 0 Å². The summed E-state index contributed by atoms with van der Waals surface area (Å²) < 4.78 is 0. The van der Waals surface area contributed by atoms with Gasteiger partial charge in [-0.15, -0.1) is 0 Å². The van der Waals surface area contributed by atoms with Gasteiger partial charge in [0.05, 0.1) is 12.0 Å². The number of aliphatic hydroxyl groups is 1. The highest BCUT2D eigenvalue weighted by molar-refractivity contribution is 5.92. The Kier molecular flexibility index (Phi) is 6.37. The molecule has 0 heterocycles. The zero-order valence-corrected chi connectivity index (χ0v) is 20.3. The summed E-state index contributed by atoms with van der Waals surface area (Å²) in [7, 11) is 0. The molecule has 5 heteroatoms. The molecule has 4 fully saturated rings. The van der Waals surface area contributed by atoms with Crippen LogP contribution >= 0.6 is 0 Å². The van der Waals surface area contributed by atoms with Crippen LogP contribution in [0.5, 0.6) is 0 Å². The molecular formula is C27H42O5. The van der Waals surface area contributed by atoms with Crippen molar-refractivity contribution in [2.45, 2.75) is 98.0 Å². The molecule has 4 aliphatic carbocycles. The first kappa shape index (κ1) is 23.9. The molecular weight excluding hydrogens is 404 g/mol. The van der Waals surface area contributed by atoms with E-state index in [1.807, 2.05) is 6.92 Å². The molecule has 4 saturated carbocycles. The maximum Gasteiger partial charge on any atom is 0.306 e. The second-order valence-electron chi connectivity index (χ2n) is 12.3. The number of hydrogen-bond acceptors (Lipinski definition) is 4. The summed E-state index contributed by atoms with van der Waals surface area (Å²) in [6, 6.07) is 0. The highest BCUT2D eigenvalue weighted by Crippen LogP contribution is 2.67. The molecule has 0 aliphatic heterocycles. The molecule has 10 atom stereocenters. The van der Waals surface area contributed by atoms with E-state index in [2.05, 4.69) is 13.8 Å². The molecule has 4 aliphatic rings. The number of aliphatic carboxylic acids is 1. The summed E-state index contributed by atoms with van der Waals surface area (Å²) in [5, 5.41) is 19.4. The van der Waals surface area contributed by atoms with Crippen molar-refractivity contribution in [3.05, 3.63) is 0 Å². The second-order valence-corrected chi connectivity index (χ2v) is 12.3. The summed E-state index contributed by atoms with van der Waals surface area (Å²) >= 11 is 0. The Morgan fingerprint density at radius 2 is 1.72 bits per heavy atom. The molecule has 0 radical (unpaired) electrons. The highest BCUT2D eigenvalue weighted by Gasteiger charge is 2.63. The first-order valence-corrected chi connectivity index (χ1v) is 12.9. The predicted octanol–water partition coefficient (Wildman–Crippen LogP) is 4.89. The summed E-state index contributed by atoms with van der Waals surface area (Å²) in [5.41, 5.74) is 0.155. The summed E-state index contributed by atoms with van der Waals surface area (Å²) in [6.45, 7) is 8.27. The smallest absolute Gasteiger partial charge is 0.306 e. The van der Waals surface area contributed by atoms with E-state index in [1.165, 1.54) is 0 Å². The third-order valence-corrected chi connectivity index (χ3v) is 10.8. The topological polar surface area (TPSA) is 91.7 Å². The van der Waals surface area contributed by atoms with Crippen molar-refractivity contribution in [1.82, 2.24) is 0 Å². The van der Waals surface area contributed by atoms with E-state index in [-0.39, 0.29) is 46.8 Å². The Morgan fingerprint density at radius 1 is 1.03 bits per heavy atom. The molecule has 4 rings (SSSR count). The summed E-state index contributed by atoms with van der Waals surface area (Å²) in [4.78, 5) is 37.5. The van der Waals surface area contributed by atoms with Gasteiger partial charge < -0.3 is 10.2 Å². The third-order valence-electron chi connectivity index (χ3n) is 10.8. The van der Waals surface area contributed by atoms with Crippen LogP contribution in [0.25, 0.3) is 0 Å². The van der Waals surface area contributed by atoms with Gasteiger partial charge in [-0.25, -0.2) is 0 Å². The van der Waals surface area contributed by atoms with Crippen LogP contribution in [0.3, 0.4) is 0 Å². The minimum absolute atomic E-state index is 0.0531. The number of carbonyl (C=O) groups excluding carboxylic acids is 2. The van der Waals surface area contributed by atoms with E-state index in [0.717, 1.165) is 44.9 Å². The Labute approximate surface area is 192 Å². The number of aliphatic hydroxyl groups excluding tert-OH is 1. The fourth-order valence-corrected chi connectivity index (χ4v) is 8.81. The minimum atomic E-state index is -0.868. The van der Waals surface area contributed by atoms with Gasteiger partial charge in [0, 0.05) is 24.7 Å². The van der Waals surface area contributed by atoms with Crippen LogP contribution in [0, 0.1) is 52.3 Å². The van der Waals surface area contributed by atoms with E-state index in [0.29, 0.717) is 36.5 Å². The van der Waals surface area contributed by atoms with Gasteiger partial charge in [-0.05, 0) is 85.9 Å². The molecule has 0 aromatic rings. The van der Waals surface area contributed by atoms with Crippen LogP contribution in [0.1, 0.15) is 91.9 Å². The summed E-state index contributed by atoms with van der Waals surface area (Å²) in [5.74, 6) is 0.495. The summed E-state index contributed by atoms with van der Waals surface area (Å²) in [6.07, 6.45) is 8.41. The number of fused-ring (bicyclic) bond motifs is 5. The number of Topliss-reactive ketones (excluding diaryl/α,β-unsaturated/α-hetero) is 2. The predicted molar refractivity (Wildman–Crippen MR) is 122 cm³/mol. The molecule has 0 amide bonds. The maximum absolute atomic E-state index is 13.3. The first-order valence-electron chi connectivity index (χ1n) is 12.9. The van der Waals surface area contributed by atoms with E-state index >= 15 is 0 Å². The monoisotopic (exact) mass is 446 g/mol. The fourth-order valence-electron chi connectivity index (χ4n) is 8.81. The van der Waals surface area contributed by atoms with Crippen molar-refractivity contribution in [2.24, 2.45) is 52.3 Å². The fraction of sp³-hybridized carbons (Fsp3) is 0.889. The SMILES string of the molecule is C[C@H](C(=O)CC[C@H](C)C(=O)O)[C@H]1C(=O)C[C@H]2[C@@H]3CC[C@H]4C[C@@H](O)CC[C@]4(C)[C@H]3CC[C@]12C. The normalized spacial score (nSPS) is 45.3. The Hall–Kier alpha value is -1.23. The van der Waals surface area contributed by atoms with E-state index in [4.69, 9.17) is 5.11 Å². The number of carbonyl (C=O) groups is 3. The number of carboxylic acids is 1. The minimum Gasteiger partial charge on any atom is -0.481 e. The van der Waals surface area contributed by atoms with Crippen molar-refractivity contribution >= 4 is 17.5 Å². The van der Waals surface area contributed by atoms with E-state index < -0.39 is 11.9 Å². The molecule has 180 valence electrons. The van der Waals surface area contributed by atoms with Crippen LogP contribution < -0.4 is 0 Å². The van der Waals surface area contributed by atoms with Crippen LogP contribution in [0.15, 0.2) is 0 Å². The molecule has 5 nitrogen and oxygen atoms in total. The number of carboxylic acid groups (broad SMARTS) is 1. The van der Waals surface area contributed by atoms with E-state index in [9.17, 15) is 19.5 Å². The van der Waals surface area contributed by atoms with Gasteiger partial charge in [-0.3, -0.25) is 14.4 Å². The van der Waals surface area contributed by atoms with Crippen LogP contribution in [-0.4, -0.2) is 33.9 Å². The lowest BCUT2D eigenvalue weighted by Crippen LogP contribution is -2.54. The van der Waals surface area contributed by atoms with Crippen molar-refractivity contribution in [3.63, 3.8) is 0 Å². The zero-order valence-electron chi connectivity index (χ0n) is 20.3. The number of ketones is 2. The Morgan fingerprint density at radius 3 is 2.41 bits per heavy atom. The molecule has 32 heavy (non-hydrogen) atoms.